The predicted molar refractivity (Wildman–Crippen MR) is 57.7 cm³/mol. The summed E-state index contributed by atoms with van der Waals surface area (Å²) >= 11 is 0. The molecule has 0 aliphatic rings. The molecule has 0 aromatic rings. The fourth-order valence-electron chi connectivity index (χ4n) is 1.23. The van der Waals surface area contributed by atoms with Crippen LogP contribution in [0.5, 0.6) is 0 Å². The molecule has 0 aliphatic carbocycles. The van der Waals surface area contributed by atoms with E-state index in [0.29, 0.717) is 18.3 Å². The second-order valence-electron chi connectivity index (χ2n) is 3.88. The lowest BCUT2D eigenvalue weighted by molar-refractivity contribution is -0.108. The lowest BCUT2D eigenvalue weighted by Crippen LogP contribution is -1.93. The van der Waals surface area contributed by atoms with Crippen LogP contribution in [-0.2, 0) is 4.79 Å². The maximum Gasteiger partial charge on any atom is 0.120 e. The van der Waals surface area contributed by atoms with Crippen molar-refractivity contribution in [1.82, 2.24) is 0 Å². The van der Waals surface area contributed by atoms with Gasteiger partial charge in [0.2, 0.25) is 0 Å². The van der Waals surface area contributed by atoms with Gasteiger partial charge in [-0.25, -0.2) is 0 Å². The summed E-state index contributed by atoms with van der Waals surface area (Å²) in [4.78, 5) is 10.2. The van der Waals surface area contributed by atoms with Crippen LogP contribution in [0.2, 0.25) is 0 Å². The predicted octanol–water partition coefficient (Wildman–Crippen LogP) is 3.59. The molecule has 0 fully saturated rings. The average molecular weight is 182 g/mol. The van der Waals surface area contributed by atoms with Crippen molar-refractivity contribution in [1.29, 1.82) is 0 Å². The van der Waals surface area contributed by atoms with Crippen LogP contribution in [0.1, 0.15) is 46.5 Å². The third-order valence-corrected chi connectivity index (χ3v) is 2.25. The van der Waals surface area contributed by atoms with Crippen LogP contribution in [-0.4, -0.2) is 6.29 Å². The number of hydrogen-bond donors (Lipinski definition) is 0. The molecule has 0 radical (unpaired) electrons. The fourth-order valence-corrected chi connectivity index (χ4v) is 1.23. The standard InChI is InChI=1S/C12H22O/c1-4-5-6-11(2)7-8-12(3)9-10-13/h7-8,10-12H,4-6,9H2,1-3H3. The first-order valence-corrected chi connectivity index (χ1v) is 5.32. The summed E-state index contributed by atoms with van der Waals surface area (Å²) in [6.45, 7) is 6.53. The smallest absolute Gasteiger partial charge is 0.120 e. The Hall–Kier alpha value is -0.590. The van der Waals surface area contributed by atoms with Crippen molar-refractivity contribution < 1.29 is 4.79 Å². The second-order valence-corrected chi connectivity index (χ2v) is 3.88. The Morgan fingerprint density at radius 2 is 1.77 bits per heavy atom. The minimum atomic E-state index is 0.404. The first-order chi connectivity index (χ1) is 6.20. The summed E-state index contributed by atoms with van der Waals surface area (Å²) in [5.41, 5.74) is 0. The molecule has 0 aromatic heterocycles. The number of allylic oxidation sites excluding steroid dienone is 2. The van der Waals surface area contributed by atoms with Crippen molar-refractivity contribution in [2.45, 2.75) is 46.5 Å². The van der Waals surface area contributed by atoms with Crippen molar-refractivity contribution in [3.8, 4) is 0 Å². The fraction of sp³-hybridized carbons (Fsp3) is 0.750. The van der Waals surface area contributed by atoms with Gasteiger partial charge in [0.05, 0.1) is 0 Å². The van der Waals surface area contributed by atoms with Crippen molar-refractivity contribution >= 4 is 6.29 Å². The summed E-state index contributed by atoms with van der Waals surface area (Å²) < 4.78 is 0. The number of unbranched alkanes of at least 4 members (excludes halogenated alkanes) is 1. The molecular formula is C12H22O. The summed E-state index contributed by atoms with van der Waals surface area (Å²) in [6.07, 6.45) is 9.87. The van der Waals surface area contributed by atoms with E-state index in [1.165, 1.54) is 19.3 Å². The van der Waals surface area contributed by atoms with Crippen LogP contribution in [0.25, 0.3) is 0 Å². The van der Waals surface area contributed by atoms with E-state index in [0.717, 1.165) is 6.29 Å². The molecule has 1 heteroatoms. The highest BCUT2D eigenvalue weighted by Crippen LogP contribution is 2.11. The molecule has 0 aliphatic heterocycles. The molecule has 0 spiro atoms. The molecule has 2 unspecified atom stereocenters. The zero-order valence-electron chi connectivity index (χ0n) is 9.12. The molecule has 0 bridgehead atoms. The molecule has 1 nitrogen and oxygen atoms in total. The van der Waals surface area contributed by atoms with Gasteiger partial charge >= 0.3 is 0 Å². The molecule has 0 saturated heterocycles. The van der Waals surface area contributed by atoms with E-state index in [2.05, 4.69) is 32.9 Å². The van der Waals surface area contributed by atoms with Crippen molar-refractivity contribution in [2.75, 3.05) is 0 Å². The van der Waals surface area contributed by atoms with E-state index < -0.39 is 0 Å². The summed E-state index contributed by atoms with van der Waals surface area (Å²) in [6, 6.07) is 0. The highest BCUT2D eigenvalue weighted by Gasteiger charge is 1.98. The molecule has 0 heterocycles. The van der Waals surface area contributed by atoms with Gasteiger partial charge < -0.3 is 4.79 Å². The molecule has 2 atom stereocenters. The molecule has 13 heavy (non-hydrogen) atoms. The van der Waals surface area contributed by atoms with Crippen LogP contribution in [0, 0.1) is 11.8 Å². The highest BCUT2D eigenvalue weighted by atomic mass is 16.1. The Morgan fingerprint density at radius 3 is 2.31 bits per heavy atom. The van der Waals surface area contributed by atoms with Gasteiger partial charge in [-0.05, 0) is 18.3 Å². The number of rotatable bonds is 7. The van der Waals surface area contributed by atoms with Gasteiger partial charge in [-0.15, -0.1) is 0 Å². The van der Waals surface area contributed by atoms with Gasteiger partial charge in [0.25, 0.3) is 0 Å². The van der Waals surface area contributed by atoms with E-state index in [-0.39, 0.29) is 0 Å². The monoisotopic (exact) mass is 182 g/mol. The van der Waals surface area contributed by atoms with Crippen LogP contribution in [0.15, 0.2) is 12.2 Å². The minimum absolute atomic E-state index is 0.404. The Kier molecular flexibility index (Phi) is 7.66. The summed E-state index contributed by atoms with van der Waals surface area (Å²) in [7, 11) is 0. The van der Waals surface area contributed by atoms with Crippen molar-refractivity contribution in [3.05, 3.63) is 12.2 Å². The van der Waals surface area contributed by atoms with E-state index >= 15 is 0 Å². The van der Waals surface area contributed by atoms with Crippen molar-refractivity contribution in [2.24, 2.45) is 11.8 Å². The number of hydrogen-bond acceptors (Lipinski definition) is 1. The Bertz CT molecular complexity index is 149. The van der Waals surface area contributed by atoms with Crippen LogP contribution < -0.4 is 0 Å². The SMILES string of the molecule is CCCCC(C)C=CC(C)CC=O. The van der Waals surface area contributed by atoms with Crippen molar-refractivity contribution in [3.63, 3.8) is 0 Å². The topological polar surface area (TPSA) is 17.1 Å². The summed E-state index contributed by atoms with van der Waals surface area (Å²) in [5.74, 6) is 1.07. The Morgan fingerprint density at radius 1 is 1.15 bits per heavy atom. The minimum Gasteiger partial charge on any atom is -0.303 e. The Labute approximate surface area is 82.2 Å². The molecule has 0 saturated carbocycles. The first kappa shape index (κ1) is 12.4. The molecular weight excluding hydrogens is 160 g/mol. The van der Waals surface area contributed by atoms with Gasteiger partial charge in [0, 0.05) is 6.42 Å². The molecule has 0 N–H and O–H groups in total. The van der Waals surface area contributed by atoms with E-state index in [4.69, 9.17) is 0 Å². The van der Waals surface area contributed by atoms with Crippen LogP contribution >= 0.6 is 0 Å². The summed E-state index contributed by atoms with van der Waals surface area (Å²) in [5, 5.41) is 0. The lowest BCUT2D eigenvalue weighted by atomic mass is 10.0. The third-order valence-electron chi connectivity index (χ3n) is 2.25. The average Bonchev–Trinajstić information content (AvgIpc) is 2.12. The molecule has 0 aromatic carbocycles. The van der Waals surface area contributed by atoms with Gasteiger partial charge in [-0.3, -0.25) is 0 Å². The zero-order valence-corrected chi connectivity index (χ0v) is 9.12. The number of carbonyl (C=O) groups is 1. The lowest BCUT2D eigenvalue weighted by Gasteiger charge is -2.05. The van der Waals surface area contributed by atoms with Crippen LogP contribution in [0.4, 0.5) is 0 Å². The maximum absolute atomic E-state index is 10.2. The molecule has 76 valence electrons. The number of aldehydes is 1. The number of carbonyl (C=O) groups excluding carboxylic acids is 1. The normalized spacial score (nSPS) is 15.9. The van der Waals surface area contributed by atoms with Gasteiger partial charge in [0.1, 0.15) is 6.29 Å². The van der Waals surface area contributed by atoms with E-state index in [1.54, 1.807) is 0 Å². The van der Waals surface area contributed by atoms with E-state index in [9.17, 15) is 4.79 Å². The van der Waals surface area contributed by atoms with Crippen LogP contribution in [0.3, 0.4) is 0 Å². The van der Waals surface area contributed by atoms with Gasteiger partial charge in [0.15, 0.2) is 0 Å². The third kappa shape index (κ3) is 7.76. The Balaban J connectivity index is 3.61. The highest BCUT2D eigenvalue weighted by molar-refractivity contribution is 5.50. The first-order valence-electron chi connectivity index (χ1n) is 5.32. The quantitative estimate of drug-likeness (QED) is 0.434. The van der Waals surface area contributed by atoms with E-state index in [1.807, 2.05) is 0 Å². The zero-order chi connectivity index (χ0) is 10.1. The second kappa shape index (κ2) is 8.03. The maximum atomic E-state index is 10.2. The van der Waals surface area contributed by atoms with Gasteiger partial charge in [-0.2, -0.15) is 0 Å². The molecule has 0 amide bonds. The largest absolute Gasteiger partial charge is 0.303 e. The molecule has 0 rings (SSSR count). The van der Waals surface area contributed by atoms with Gasteiger partial charge in [-0.1, -0.05) is 45.8 Å².